The van der Waals surface area contributed by atoms with Gasteiger partial charge in [-0.2, -0.15) is 0 Å². The first-order valence-corrected chi connectivity index (χ1v) is 3.36. The largest absolute Gasteiger partial charge is 0.312 e. The molecule has 0 amide bonds. The van der Waals surface area contributed by atoms with Gasteiger partial charge in [0, 0.05) is 25.7 Å². The van der Waals surface area contributed by atoms with Gasteiger partial charge in [-0.1, -0.05) is 12.8 Å². The monoisotopic (exact) mass is 132 g/mol. The van der Waals surface area contributed by atoms with E-state index >= 15 is 0 Å². The summed E-state index contributed by atoms with van der Waals surface area (Å²) in [7, 11) is 0. The number of rotatable bonds is 0. The van der Waals surface area contributed by atoms with Crippen molar-refractivity contribution in [3.8, 4) is 0 Å². The summed E-state index contributed by atoms with van der Waals surface area (Å²) in [6.45, 7) is 5.36. The highest BCUT2D eigenvalue weighted by atomic mass is 32.1. The van der Waals surface area contributed by atoms with E-state index in [0.29, 0.717) is 6.04 Å². The van der Waals surface area contributed by atoms with Crippen LogP contribution in [0.3, 0.4) is 0 Å². The second kappa shape index (κ2) is 2.71. The van der Waals surface area contributed by atoms with Crippen molar-refractivity contribution >= 4 is 12.8 Å². The van der Waals surface area contributed by atoms with Gasteiger partial charge in [-0.3, -0.25) is 4.31 Å². The van der Waals surface area contributed by atoms with Crippen molar-refractivity contribution in [2.24, 2.45) is 0 Å². The molecule has 2 nitrogen and oxygen atoms in total. The second-order valence-corrected chi connectivity index (χ2v) is 2.83. The lowest BCUT2D eigenvalue weighted by Gasteiger charge is -2.26. The van der Waals surface area contributed by atoms with Crippen LogP contribution in [-0.2, 0) is 0 Å². The van der Waals surface area contributed by atoms with E-state index in [9.17, 15) is 0 Å². The van der Waals surface area contributed by atoms with E-state index in [1.54, 1.807) is 0 Å². The Morgan fingerprint density at radius 1 is 1.75 bits per heavy atom. The van der Waals surface area contributed by atoms with Crippen molar-refractivity contribution in [2.75, 3.05) is 19.6 Å². The Balaban J connectivity index is 2.23. The summed E-state index contributed by atoms with van der Waals surface area (Å²) in [5, 5.41) is 3.32. The zero-order chi connectivity index (χ0) is 5.98. The van der Waals surface area contributed by atoms with E-state index in [2.05, 4.69) is 25.1 Å². The molecule has 1 heterocycles. The summed E-state index contributed by atoms with van der Waals surface area (Å²) in [4.78, 5) is 0. The first-order valence-electron chi connectivity index (χ1n) is 2.96. The number of nitrogens with zero attached hydrogens (tertiary/aromatic N) is 1. The zero-order valence-electron chi connectivity index (χ0n) is 5.09. The maximum absolute atomic E-state index is 4.21. The molecule has 0 aromatic rings. The topological polar surface area (TPSA) is 15.3 Å². The van der Waals surface area contributed by atoms with Crippen LogP contribution in [0.1, 0.15) is 6.92 Å². The van der Waals surface area contributed by atoms with Crippen molar-refractivity contribution in [1.29, 1.82) is 0 Å². The molecule has 48 valence electrons. The summed E-state index contributed by atoms with van der Waals surface area (Å²) >= 11 is 4.21. The molecule has 0 aromatic heterocycles. The molecule has 0 aromatic carbocycles. The minimum Gasteiger partial charge on any atom is -0.312 e. The van der Waals surface area contributed by atoms with Crippen LogP contribution in [0.5, 0.6) is 0 Å². The van der Waals surface area contributed by atoms with E-state index in [-0.39, 0.29) is 0 Å². The fourth-order valence-corrected chi connectivity index (χ4v) is 1.26. The molecule has 8 heavy (non-hydrogen) atoms. The highest BCUT2D eigenvalue weighted by Crippen LogP contribution is 1.99. The summed E-state index contributed by atoms with van der Waals surface area (Å²) in [5.41, 5.74) is 0. The van der Waals surface area contributed by atoms with E-state index < -0.39 is 0 Å². The average Bonchev–Trinajstić information content (AvgIpc) is 1.64. The van der Waals surface area contributed by atoms with E-state index in [0.717, 1.165) is 19.6 Å². The molecule has 1 saturated heterocycles. The Hall–Kier alpha value is 0.270. The Bertz CT molecular complexity index is 68.8. The lowest BCUT2D eigenvalue weighted by Crippen LogP contribution is -2.45. The molecule has 1 atom stereocenters. The molecule has 0 saturated carbocycles. The Labute approximate surface area is 55.8 Å². The zero-order valence-corrected chi connectivity index (χ0v) is 5.99. The molecule has 0 bridgehead atoms. The highest BCUT2D eigenvalue weighted by Gasteiger charge is 2.10. The molecule has 3 heteroatoms. The molecular formula is C5H12N2S. The number of thiol groups is 1. The van der Waals surface area contributed by atoms with Crippen LogP contribution in [0, 0.1) is 0 Å². The highest BCUT2D eigenvalue weighted by molar-refractivity contribution is 7.77. The van der Waals surface area contributed by atoms with Crippen LogP contribution < -0.4 is 5.32 Å². The van der Waals surface area contributed by atoms with Crippen molar-refractivity contribution in [3.63, 3.8) is 0 Å². The van der Waals surface area contributed by atoms with Gasteiger partial charge in [0.2, 0.25) is 0 Å². The van der Waals surface area contributed by atoms with Gasteiger partial charge in [0.15, 0.2) is 0 Å². The van der Waals surface area contributed by atoms with E-state index in [1.807, 2.05) is 4.31 Å². The standard InChI is InChI=1S/C5H12N2S/c1-5-4-7(8)3-2-6-5/h5-6,8H,2-4H2,1H3/t5-/m0/s1. The van der Waals surface area contributed by atoms with Gasteiger partial charge >= 0.3 is 0 Å². The number of piperazine rings is 1. The van der Waals surface area contributed by atoms with Crippen LogP contribution in [0.15, 0.2) is 0 Å². The molecular weight excluding hydrogens is 120 g/mol. The maximum Gasteiger partial charge on any atom is 0.0239 e. The van der Waals surface area contributed by atoms with Crippen molar-refractivity contribution in [1.82, 2.24) is 9.62 Å². The lowest BCUT2D eigenvalue weighted by atomic mass is 10.3. The first kappa shape index (κ1) is 6.39. The third-order valence-corrected chi connectivity index (χ3v) is 1.71. The Kier molecular flexibility index (Phi) is 2.16. The molecule has 0 unspecified atom stereocenters. The van der Waals surface area contributed by atoms with Crippen LogP contribution in [0.25, 0.3) is 0 Å². The SMILES string of the molecule is C[C@H]1CN(S)CCN1. The van der Waals surface area contributed by atoms with Gasteiger partial charge in [0.25, 0.3) is 0 Å². The summed E-state index contributed by atoms with van der Waals surface area (Å²) < 4.78 is 2.04. The summed E-state index contributed by atoms with van der Waals surface area (Å²) in [5.74, 6) is 0. The van der Waals surface area contributed by atoms with Crippen LogP contribution in [-0.4, -0.2) is 30.0 Å². The predicted molar refractivity (Wildman–Crippen MR) is 38.0 cm³/mol. The molecule has 1 rings (SSSR count). The number of nitrogens with one attached hydrogen (secondary N) is 1. The number of hydrogen-bond donors (Lipinski definition) is 2. The lowest BCUT2D eigenvalue weighted by molar-refractivity contribution is 0.338. The Morgan fingerprint density at radius 2 is 2.50 bits per heavy atom. The molecule has 1 fully saturated rings. The van der Waals surface area contributed by atoms with Crippen molar-refractivity contribution in [2.45, 2.75) is 13.0 Å². The quantitative estimate of drug-likeness (QED) is 0.455. The first-order chi connectivity index (χ1) is 3.79. The molecule has 0 spiro atoms. The average molecular weight is 132 g/mol. The minimum atomic E-state index is 0.612. The normalized spacial score (nSPS) is 33.0. The van der Waals surface area contributed by atoms with E-state index in [4.69, 9.17) is 0 Å². The van der Waals surface area contributed by atoms with Crippen LogP contribution in [0.2, 0.25) is 0 Å². The fraction of sp³-hybridized carbons (Fsp3) is 1.00. The smallest absolute Gasteiger partial charge is 0.0239 e. The number of hydrogen-bond acceptors (Lipinski definition) is 3. The van der Waals surface area contributed by atoms with Crippen LogP contribution >= 0.6 is 12.8 Å². The molecule has 1 aliphatic rings. The molecule has 0 radical (unpaired) electrons. The van der Waals surface area contributed by atoms with E-state index in [1.165, 1.54) is 0 Å². The van der Waals surface area contributed by atoms with Crippen molar-refractivity contribution < 1.29 is 0 Å². The van der Waals surface area contributed by atoms with Gasteiger partial charge in [-0.05, 0) is 6.92 Å². The maximum atomic E-state index is 4.21. The Morgan fingerprint density at radius 3 is 2.88 bits per heavy atom. The second-order valence-electron chi connectivity index (χ2n) is 2.27. The molecule has 1 N–H and O–H groups in total. The summed E-state index contributed by atoms with van der Waals surface area (Å²) in [6.07, 6.45) is 0. The van der Waals surface area contributed by atoms with Gasteiger partial charge in [0.05, 0.1) is 0 Å². The van der Waals surface area contributed by atoms with Crippen LogP contribution in [0.4, 0.5) is 0 Å². The fourth-order valence-electron chi connectivity index (χ4n) is 0.912. The van der Waals surface area contributed by atoms with Gasteiger partial charge in [-0.15, -0.1) is 0 Å². The molecule has 0 aliphatic carbocycles. The molecule has 1 aliphatic heterocycles. The van der Waals surface area contributed by atoms with Gasteiger partial charge < -0.3 is 5.32 Å². The predicted octanol–water partition coefficient (Wildman–Crippen LogP) is 0.125. The third-order valence-electron chi connectivity index (χ3n) is 1.35. The van der Waals surface area contributed by atoms with Gasteiger partial charge in [0.1, 0.15) is 0 Å². The minimum absolute atomic E-state index is 0.612. The summed E-state index contributed by atoms with van der Waals surface area (Å²) in [6, 6.07) is 0.612. The third kappa shape index (κ3) is 1.65. The van der Waals surface area contributed by atoms with Crippen molar-refractivity contribution in [3.05, 3.63) is 0 Å². The van der Waals surface area contributed by atoms with Gasteiger partial charge in [-0.25, -0.2) is 0 Å².